The van der Waals surface area contributed by atoms with Crippen LogP contribution in [0.2, 0.25) is 0 Å². The van der Waals surface area contributed by atoms with Crippen molar-refractivity contribution in [3.8, 4) is 0 Å². The van der Waals surface area contributed by atoms with Crippen LogP contribution in [0.1, 0.15) is 26.7 Å². The highest BCUT2D eigenvalue weighted by atomic mass is 32.2. The van der Waals surface area contributed by atoms with E-state index in [4.69, 9.17) is 0 Å². The third-order valence-electron chi connectivity index (χ3n) is 3.82. The summed E-state index contributed by atoms with van der Waals surface area (Å²) in [4.78, 5) is 2.56. The fraction of sp³-hybridized carbons (Fsp3) is 1.00. The Balaban J connectivity index is 1.74. The lowest BCUT2D eigenvalue weighted by Gasteiger charge is -2.46. The molecule has 2 aliphatic rings. The number of hydrogen-bond donors (Lipinski definition) is 0. The van der Waals surface area contributed by atoms with Gasteiger partial charge in [-0.2, -0.15) is 0 Å². The third kappa shape index (κ3) is 2.19. The van der Waals surface area contributed by atoms with Gasteiger partial charge < -0.3 is 0 Å². The zero-order valence-electron chi connectivity index (χ0n) is 9.24. The van der Waals surface area contributed by atoms with Gasteiger partial charge in [0.1, 0.15) is 0 Å². The molecule has 0 aromatic heterocycles. The standard InChI is InChI=1S/C11H21NOS/c1-9(2)10-7-11(8-10)12-3-5-14(13)6-4-12/h9-11H,3-8H2,1-2H3. The van der Waals surface area contributed by atoms with E-state index in [1.807, 2.05) is 0 Å². The normalized spacial score (nSPS) is 35.9. The van der Waals surface area contributed by atoms with Crippen molar-refractivity contribution in [2.45, 2.75) is 32.7 Å². The predicted molar refractivity (Wildman–Crippen MR) is 60.8 cm³/mol. The molecule has 0 atom stereocenters. The van der Waals surface area contributed by atoms with Gasteiger partial charge in [0.05, 0.1) is 0 Å². The molecule has 0 unspecified atom stereocenters. The Bertz CT molecular complexity index is 213. The van der Waals surface area contributed by atoms with Gasteiger partial charge in [0.2, 0.25) is 0 Å². The summed E-state index contributed by atoms with van der Waals surface area (Å²) in [6, 6.07) is 0.819. The minimum atomic E-state index is -0.515. The average molecular weight is 215 g/mol. The Labute approximate surface area is 89.5 Å². The van der Waals surface area contributed by atoms with Crippen molar-refractivity contribution in [1.29, 1.82) is 0 Å². The first kappa shape index (κ1) is 10.6. The molecule has 1 aliphatic heterocycles. The van der Waals surface area contributed by atoms with E-state index in [-0.39, 0.29) is 0 Å². The topological polar surface area (TPSA) is 20.3 Å². The molecule has 1 aliphatic carbocycles. The van der Waals surface area contributed by atoms with E-state index in [1.54, 1.807) is 0 Å². The molecule has 0 aromatic rings. The molecule has 2 fully saturated rings. The van der Waals surface area contributed by atoms with Gasteiger partial charge in [-0.05, 0) is 24.7 Å². The Morgan fingerprint density at radius 3 is 2.29 bits per heavy atom. The lowest BCUT2D eigenvalue weighted by Crippen LogP contribution is -2.51. The van der Waals surface area contributed by atoms with Crippen LogP contribution in [0, 0.1) is 11.8 Å². The summed E-state index contributed by atoms with van der Waals surface area (Å²) in [7, 11) is -0.515. The van der Waals surface area contributed by atoms with Gasteiger partial charge in [-0.25, -0.2) is 0 Å². The molecule has 3 heteroatoms. The first-order valence-electron chi connectivity index (χ1n) is 5.76. The molecule has 0 amide bonds. The molecule has 1 saturated carbocycles. The van der Waals surface area contributed by atoms with Crippen molar-refractivity contribution in [1.82, 2.24) is 4.90 Å². The first-order chi connectivity index (χ1) is 6.66. The number of hydrogen-bond acceptors (Lipinski definition) is 2. The molecular formula is C11H21NOS. The van der Waals surface area contributed by atoms with Crippen LogP contribution in [-0.4, -0.2) is 39.7 Å². The number of nitrogens with zero attached hydrogens (tertiary/aromatic N) is 1. The Morgan fingerprint density at radius 2 is 1.79 bits per heavy atom. The van der Waals surface area contributed by atoms with E-state index in [0.29, 0.717) is 0 Å². The molecule has 0 spiro atoms. The van der Waals surface area contributed by atoms with Crippen LogP contribution in [0.3, 0.4) is 0 Å². The Morgan fingerprint density at radius 1 is 1.21 bits per heavy atom. The zero-order chi connectivity index (χ0) is 10.1. The van der Waals surface area contributed by atoms with E-state index in [1.165, 1.54) is 12.8 Å². The molecule has 1 heterocycles. The second-order valence-corrected chi connectivity index (χ2v) is 6.71. The van der Waals surface area contributed by atoms with Gasteiger partial charge in [0.25, 0.3) is 0 Å². The highest BCUT2D eigenvalue weighted by Gasteiger charge is 2.35. The van der Waals surface area contributed by atoms with Gasteiger partial charge in [-0.1, -0.05) is 13.8 Å². The van der Waals surface area contributed by atoms with E-state index in [0.717, 1.165) is 42.5 Å². The summed E-state index contributed by atoms with van der Waals surface area (Å²) >= 11 is 0. The summed E-state index contributed by atoms with van der Waals surface area (Å²) in [6.07, 6.45) is 2.76. The van der Waals surface area contributed by atoms with Crippen molar-refractivity contribution < 1.29 is 4.21 Å². The zero-order valence-corrected chi connectivity index (χ0v) is 10.1. The highest BCUT2D eigenvalue weighted by molar-refractivity contribution is 7.85. The monoisotopic (exact) mass is 215 g/mol. The Kier molecular flexibility index (Phi) is 3.27. The van der Waals surface area contributed by atoms with Crippen LogP contribution in [0.4, 0.5) is 0 Å². The van der Waals surface area contributed by atoms with Crippen molar-refractivity contribution in [2.24, 2.45) is 11.8 Å². The highest BCUT2D eigenvalue weighted by Crippen LogP contribution is 2.37. The second-order valence-electron chi connectivity index (χ2n) is 5.01. The lowest BCUT2D eigenvalue weighted by atomic mass is 9.73. The SMILES string of the molecule is CC(C)C1CC(N2CCS(=O)CC2)C1. The van der Waals surface area contributed by atoms with Crippen LogP contribution < -0.4 is 0 Å². The van der Waals surface area contributed by atoms with Gasteiger partial charge in [0.15, 0.2) is 0 Å². The molecule has 0 radical (unpaired) electrons. The second kappa shape index (κ2) is 4.31. The van der Waals surface area contributed by atoms with Crippen molar-refractivity contribution >= 4 is 10.8 Å². The van der Waals surface area contributed by atoms with Crippen LogP contribution in [0.25, 0.3) is 0 Å². The quantitative estimate of drug-likeness (QED) is 0.695. The summed E-state index contributed by atoms with van der Waals surface area (Å²) < 4.78 is 11.2. The maximum atomic E-state index is 11.2. The smallest absolute Gasteiger partial charge is 0.0363 e. The van der Waals surface area contributed by atoms with E-state index in [9.17, 15) is 4.21 Å². The van der Waals surface area contributed by atoms with Crippen LogP contribution >= 0.6 is 0 Å². The van der Waals surface area contributed by atoms with Gasteiger partial charge >= 0.3 is 0 Å². The van der Waals surface area contributed by atoms with Crippen LogP contribution in [-0.2, 0) is 10.8 Å². The minimum absolute atomic E-state index is 0.515. The van der Waals surface area contributed by atoms with Crippen molar-refractivity contribution in [3.63, 3.8) is 0 Å². The molecule has 2 nitrogen and oxygen atoms in total. The molecule has 0 N–H and O–H groups in total. The maximum Gasteiger partial charge on any atom is 0.0363 e. The molecule has 2 rings (SSSR count). The molecule has 0 aromatic carbocycles. The molecular weight excluding hydrogens is 194 g/mol. The fourth-order valence-electron chi connectivity index (χ4n) is 2.49. The summed E-state index contributed by atoms with van der Waals surface area (Å²) in [6.45, 7) is 6.79. The maximum absolute atomic E-state index is 11.2. The van der Waals surface area contributed by atoms with Gasteiger partial charge in [-0.15, -0.1) is 0 Å². The predicted octanol–water partition coefficient (Wildman–Crippen LogP) is 1.49. The van der Waals surface area contributed by atoms with Crippen molar-refractivity contribution in [3.05, 3.63) is 0 Å². The molecule has 14 heavy (non-hydrogen) atoms. The van der Waals surface area contributed by atoms with Gasteiger partial charge in [-0.3, -0.25) is 9.11 Å². The number of rotatable bonds is 2. The van der Waals surface area contributed by atoms with E-state index >= 15 is 0 Å². The van der Waals surface area contributed by atoms with Crippen LogP contribution in [0.5, 0.6) is 0 Å². The average Bonchev–Trinajstić information content (AvgIpc) is 2.05. The van der Waals surface area contributed by atoms with Crippen molar-refractivity contribution in [2.75, 3.05) is 24.6 Å². The summed E-state index contributed by atoms with van der Waals surface area (Å²) in [5, 5.41) is 0. The van der Waals surface area contributed by atoms with E-state index in [2.05, 4.69) is 18.7 Å². The fourth-order valence-corrected chi connectivity index (χ4v) is 3.57. The molecule has 82 valence electrons. The summed E-state index contributed by atoms with van der Waals surface area (Å²) in [5.41, 5.74) is 0. The minimum Gasteiger partial charge on any atom is -0.299 e. The lowest BCUT2D eigenvalue weighted by molar-refractivity contribution is 0.0623. The first-order valence-corrected chi connectivity index (χ1v) is 7.24. The largest absolute Gasteiger partial charge is 0.299 e. The van der Waals surface area contributed by atoms with Gasteiger partial charge in [0, 0.05) is 41.4 Å². The Hall–Kier alpha value is 0.110. The van der Waals surface area contributed by atoms with E-state index < -0.39 is 10.8 Å². The summed E-state index contributed by atoms with van der Waals surface area (Å²) in [5.74, 6) is 3.61. The molecule has 1 saturated heterocycles. The van der Waals surface area contributed by atoms with Crippen LogP contribution in [0.15, 0.2) is 0 Å². The molecule has 0 bridgehead atoms. The third-order valence-corrected chi connectivity index (χ3v) is 5.10.